The smallest absolute Gasteiger partial charge is 0.306 e. The fourth-order valence-corrected chi connectivity index (χ4v) is 3.48. The lowest BCUT2D eigenvalue weighted by atomic mass is 10.0. The van der Waals surface area contributed by atoms with E-state index in [0.717, 1.165) is 11.1 Å². The fourth-order valence-electron chi connectivity index (χ4n) is 1.98. The van der Waals surface area contributed by atoms with E-state index < -0.39 is 15.8 Å². The van der Waals surface area contributed by atoms with E-state index in [1.54, 1.807) is 7.05 Å². The molecule has 0 aliphatic carbocycles. The van der Waals surface area contributed by atoms with Crippen molar-refractivity contribution >= 4 is 15.8 Å². The molecule has 0 aromatic heterocycles. The van der Waals surface area contributed by atoms with Gasteiger partial charge in [0.1, 0.15) is 0 Å². The van der Waals surface area contributed by atoms with Gasteiger partial charge in [-0.3, -0.25) is 4.79 Å². The molecule has 1 atom stereocenters. The molecular weight excluding hydrogens is 278 g/mol. The van der Waals surface area contributed by atoms with Gasteiger partial charge in [-0.2, -0.15) is 0 Å². The van der Waals surface area contributed by atoms with Crippen molar-refractivity contribution < 1.29 is 17.9 Å². The summed E-state index contributed by atoms with van der Waals surface area (Å²) in [5.74, 6) is -0.736. The summed E-state index contributed by atoms with van der Waals surface area (Å²) in [6.07, 6.45) is -0.108. The van der Waals surface area contributed by atoms with Gasteiger partial charge in [-0.25, -0.2) is 8.42 Å². The lowest BCUT2D eigenvalue weighted by molar-refractivity contribution is -0.140. The molecule has 1 N–H and O–H groups in total. The number of carbonyl (C=O) groups excluding carboxylic acids is 1. The quantitative estimate of drug-likeness (QED) is 0.767. The summed E-state index contributed by atoms with van der Waals surface area (Å²) in [5, 5.41) is 3.02. The van der Waals surface area contributed by atoms with Gasteiger partial charge < -0.3 is 10.1 Å². The van der Waals surface area contributed by atoms with E-state index in [4.69, 9.17) is 0 Å². The number of ether oxygens (including phenoxy) is 1. The van der Waals surface area contributed by atoms with Gasteiger partial charge in [-0.15, -0.1) is 0 Å². The molecule has 20 heavy (non-hydrogen) atoms. The van der Waals surface area contributed by atoms with Crippen molar-refractivity contribution in [3.8, 4) is 0 Å². The number of nitrogens with one attached hydrogen (secondary N) is 1. The van der Waals surface area contributed by atoms with E-state index in [2.05, 4.69) is 10.1 Å². The van der Waals surface area contributed by atoms with Crippen molar-refractivity contribution in [1.82, 2.24) is 5.32 Å². The molecule has 0 aliphatic heterocycles. The van der Waals surface area contributed by atoms with Gasteiger partial charge in [0, 0.05) is 6.04 Å². The molecule has 0 amide bonds. The van der Waals surface area contributed by atoms with E-state index in [1.165, 1.54) is 7.11 Å². The normalized spacial score (nSPS) is 12.9. The molecule has 1 rings (SSSR count). The van der Waals surface area contributed by atoms with Gasteiger partial charge in [-0.1, -0.05) is 24.3 Å². The highest BCUT2D eigenvalue weighted by molar-refractivity contribution is 7.91. The second-order valence-corrected chi connectivity index (χ2v) is 6.87. The number of sulfone groups is 1. The molecule has 0 spiro atoms. The number of hydrogen-bond acceptors (Lipinski definition) is 5. The van der Waals surface area contributed by atoms with Crippen LogP contribution in [0.4, 0.5) is 0 Å². The largest absolute Gasteiger partial charge is 0.469 e. The Hall–Kier alpha value is -1.40. The van der Waals surface area contributed by atoms with Crippen molar-refractivity contribution in [3.05, 3.63) is 35.4 Å². The first-order valence-electron chi connectivity index (χ1n) is 6.39. The average Bonchev–Trinajstić information content (AvgIpc) is 2.43. The van der Waals surface area contributed by atoms with Gasteiger partial charge >= 0.3 is 5.97 Å². The Morgan fingerprint density at radius 3 is 2.55 bits per heavy atom. The van der Waals surface area contributed by atoms with Crippen LogP contribution < -0.4 is 5.32 Å². The van der Waals surface area contributed by atoms with Crippen LogP contribution in [0.15, 0.2) is 24.3 Å². The molecule has 112 valence electrons. The van der Waals surface area contributed by atoms with Crippen LogP contribution in [0, 0.1) is 6.92 Å². The Morgan fingerprint density at radius 2 is 2.00 bits per heavy atom. The number of methoxy groups -OCH3 is 1. The second kappa shape index (κ2) is 7.40. The summed E-state index contributed by atoms with van der Waals surface area (Å²) in [6.45, 7) is 1.95. The summed E-state index contributed by atoms with van der Waals surface area (Å²) >= 11 is 0. The summed E-state index contributed by atoms with van der Waals surface area (Å²) in [4.78, 5) is 11.0. The van der Waals surface area contributed by atoms with Gasteiger partial charge in [0.05, 0.1) is 25.0 Å². The maximum atomic E-state index is 12.1. The zero-order valence-electron chi connectivity index (χ0n) is 12.0. The molecule has 0 fully saturated rings. The zero-order chi connectivity index (χ0) is 15.2. The molecular formula is C14H21NO4S. The first kappa shape index (κ1) is 16.7. The minimum absolute atomic E-state index is 0.0364. The van der Waals surface area contributed by atoms with Crippen LogP contribution in [0.1, 0.15) is 23.6 Å². The van der Waals surface area contributed by atoms with Crippen LogP contribution in [0.25, 0.3) is 0 Å². The maximum absolute atomic E-state index is 12.1. The lowest BCUT2D eigenvalue weighted by Crippen LogP contribution is -2.28. The topological polar surface area (TPSA) is 72.5 Å². The first-order chi connectivity index (χ1) is 9.39. The molecule has 0 heterocycles. The van der Waals surface area contributed by atoms with Crippen LogP contribution in [-0.2, 0) is 19.4 Å². The minimum Gasteiger partial charge on any atom is -0.469 e. The summed E-state index contributed by atoms with van der Waals surface area (Å²) in [6, 6.07) is 7.37. The highest BCUT2D eigenvalue weighted by atomic mass is 32.2. The number of hydrogen-bond donors (Lipinski definition) is 1. The molecule has 1 unspecified atom stereocenters. The van der Waals surface area contributed by atoms with E-state index in [9.17, 15) is 13.2 Å². The Morgan fingerprint density at radius 1 is 1.35 bits per heavy atom. The Balaban J connectivity index is 2.78. The van der Waals surface area contributed by atoms with Gasteiger partial charge in [0.15, 0.2) is 9.84 Å². The molecule has 0 radical (unpaired) electrons. The molecule has 5 nitrogen and oxygen atoms in total. The van der Waals surface area contributed by atoms with Crippen molar-refractivity contribution in [1.29, 1.82) is 0 Å². The molecule has 0 saturated heterocycles. The number of aryl methyl sites for hydroxylation is 1. The second-order valence-electron chi connectivity index (χ2n) is 4.64. The molecule has 1 aromatic rings. The van der Waals surface area contributed by atoms with Crippen molar-refractivity contribution in [2.24, 2.45) is 0 Å². The van der Waals surface area contributed by atoms with Crippen LogP contribution in [-0.4, -0.2) is 40.1 Å². The third-order valence-electron chi connectivity index (χ3n) is 3.18. The summed E-state index contributed by atoms with van der Waals surface area (Å²) in [7, 11) is -0.349. The third-order valence-corrected chi connectivity index (χ3v) is 4.85. The van der Waals surface area contributed by atoms with Gasteiger partial charge in [0.25, 0.3) is 0 Å². The Labute approximate surface area is 120 Å². The average molecular weight is 299 g/mol. The van der Waals surface area contributed by atoms with Crippen molar-refractivity contribution in [2.75, 3.05) is 25.7 Å². The molecule has 0 aliphatic rings. The predicted molar refractivity (Wildman–Crippen MR) is 78.3 cm³/mol. The monoisotopic (exact) mass is 299 g/mol. The molecule has 1 aromatic carbocycles. The van der Waals surface area contributed by atoms with E-state index in [1.807, 2.05) is 31.2 Å². The van der Waals surface area contributed by atoms with Gasteiger partial charge in [0.2, 0.25) is 0 Å². The van der Waals surface area contributed by atoms with Crippen LogP contribution in [0.2, 0.25) is 0 Å². The fraction of sp³-hybridized carbons (Fsp3) is 0.500. The zero-order valence-corrected chi connectivity index (χ0v) is 12.9. The van der Waals surface area contributed by atoms with Gasteiger partial charge in [-0.05, 0) is 25.1 Å². The summed E-state index contributed by atoms with van der Waals surface area (Å²) in [5.41, 5.74) is 1.99. The van der Waals surface area contributed by atoms with Crippen molar-refractivity contribution in [3.63, 3.8) is 0 Å². The maximum Gasteiger partial charge on any atom is 0.306 e. The third kappa shape index (κ3) is 4.94. The predicted octanol–water partition coefficient (Wildman–Crippen LogP) is 1.23. The standard InChI is InChI=1S/C14H21NO4S/c1-11-6-4-5-7-12(11)13(15-2)10-20(17,18)9-8-14(16)19-3/h4-7,13,15H,8-10H2,1-3H3. The number of esters is 1. The highest BCUT2D eigenvalue weighted by Crippen LogP contribution is 2.19. The molecule has 0 saturated carbocycles. The van der Waals surface area contributed by atoms with Crippen LogP contribution in [0.5, 0.6) is 0 Å². The Kier molecular flexibility index (Phi) is 6.16. The number of carbonyl (C=O) groups is 1. The number of rotatable bonds is 7. The number of benzene rings is 1. The van der Waals surface area contributed by atoms with Crippen LogP contribution >= 0.6 is 0 Å². The first-order valence-corrected chi connectivity index (χ1v) is 8.22. The van der Waals surface area contributed by atoms with E-state index >= 15 is 0 Å². The lowest BCUT2D eigenvalue weighted by Gasteiger charge is -2.18. The van der Waals surface area contributed by atoms with Crippen molar-refractivity contribution in [2.45, 2.75) is 19.4 Å². The summed E-state index contributed by atoms with van der Waals surface area (Å²) < 4.78 is 28.6. The van der Waals surface area contributed by atoms with E-state index in [0.29, 0.717) is 0 Å². The Bertz CT molecular complexity index is 554. The SMILES string of the molecule is CNC(CS(=O)(=O)CCC(=O)OC)c1ccccc1C. The molecule has 0 bridgehead atoms. The van der Waals surface area contributed by atoms with Crippen LogP contribution in [0.3, 0.4) is 0 Å². The molecule has 6 heteroatoms. The van der Waals surface area contributed by atoms with E-state index in [-0.39, 0.29) is 24.0 Å². The highest BCUT2D eigenvalue weighted by Gasteiger charge is 2.21. The minimum atomic E-state index is -3.33.